The number of halogens is 1. The van der Waals surface area contributed by atoms with Crippen LogP contribution < -0.4 is 11.1 Å². The monoisotopic (exact) mass is 211 g/mol. The molecule has 0 aromatic carbocycles. The molecule has 1 rings (SSSR count). The number of ether oxygens (including phenoxy) is 1. The first kappa shape index (κ1) is 11.3. The maximum atomic E-state index is 13.6. The molecule has 0 saturated heterocycles. The van der Waals surface area contributed by atoms with Gasteiger partial charge in [0.2, 0.25) is 0 Å². The molecule has 4 nitrogen and oxygen atoms in total. The topological polar surface area (TPSA) is 59.6 Å². The summed E-state index contributed by atoms with van der Waals surface area (Å²) in [5.41, 5.74) is 6.33. The zero-order chi connectivity index (χ0) is 11.3. The second-order valence-electron chi connectivity index (χ2n) is 2.98. The molecule has 15 heavy (non-hydrogen) atoms. The van der Waals surface area contributed by atoms with Gasteiger partial charge in [-0.1, -0.05) is 6.58 Å². The summed E-state index contributed by atoms with van der Waals surface area (Å²) in [6.07, 6.45) is 3.27. The summed E-state index contributed by atoms with van der Waals surface area (Å²) in [4.78, 5) is 3.71. The van der Waals surface area contributed by atoms with Crippen molar-refractivity contribution in [1.82, 2.24) is 5.32 Å². The number of allylic oxidation sites excluding steroid dienone is 3. The fourth-order valence-electron chi connectivity index (χ4n) is 1.26. The van der Waals surface area contributed by atoms with Crippen molar-refractivity contribution in [3.05, 3.63) is 36.0 Å². The molecule has 0 saturated carbocycles. The van der Waals surface area contributed by atoms with Gasteiger partial charge < -0.3 is 15.8 Å². The van der Waals surface area contributed by atoms with Gasteiger partial charge in [0.25, 0.3) is 0 Å². The van der Waals surface area contributed by atoms with Crippen LogP contribution >= 0.6 is 0 Å². The van der Waals surface area contributed by atoms with E-state index in [1.165, 1.54) is 19.6 Å². The van der Waals surface area contributed by atoms with Crippen molar-refractivity contribution in [3.8, 4) is 0 Å². The third-order valence-corrected chi connectivity index (χ3v) is 1.93. The maximum Gasteiger partial charge on any atom is 0.149 e. The van der Waals surface area contributed by atoms with E-state index in [1.807, 2.05) is 0 Å². The molecule has 1 aliphatic carbocycles. The van der Waals surface area contributed by atoms with Gasteiger partial charge in [0, 0.05) is 24.4 Å². The number of alkyl halides is 1. The smallest absolute Gasteiger partial charge is 0.149 e. The molecule has 0 aliphatic heterocycles. The number of nitrogens with two attached hydrogens (primary N) is 1. The van der Waals surface area contributed by atoms with Crippen LogP contribution in [0, 0.1) is 0 Å². The van der Waals surface area contributed by atoms with E-state index in [0.29, 0.717) is 17.2 Å². The third kappa shape index (κ3) is 2.83. The minimum absolute atomic E-state index is 0.164. The summed E-state index contributed by atoms with van der Waals surface area (Å²) in [7, 11) is 1.46. The predicted molar refractivity (Wildman–Crippen MR) is 57.6 cm³/mol. The summed E-state index contributed by atoms with van der Waals surface area (Å²) < 4.78 is 18.6. The van der Waals surface area contributed by atoms with Gasteiger partial charge in [0.1, 0.15) is 11.9 Å². The van der Waals surface area contributed by atoms with Crippen LogP contribution in [0.15, 0.2) is 41.0 Å². The van der Waals surface area contributed by atoms with Gasteiger partial charge >= 0.3 is 0 Å². The van der Waals surface area contributed by atoms with Crippen molar-refractivity contribution < 1.29 is 9.13 Å². The third-order valence-electron chi connectivity index (χ3n) is 1.93. The van der Waals surface area contributed by atoms with E-state index in [9.17, 15) is 4.39 Å². The van der Waals surface area contributed by atoms with Gasteiger partial charge in [-0.3, -0.25) is 0 Å². The first-order valence-electron chi connectivity index (χ1n) is 4.46. The van der Waals surface area contributed by atoms with Crippen molar-refractivity contribution in [1.29, 1.82) is 0 Å². The van der Waals surface area contributed by atoms with E-state index in [2.05, 4.69) is 16.9 Å². The molecule has 1 aliphatic rings. The van der Waals surface area contributed by atoms with Crippen LogP contribution in [0.5, 0.6) is 0 Å². The summed E-state index contributed by atoms with van der Waals surface area (Å²) in [6, 6.07) is 0. The molecule has 1 unspecified atom stereocenters. The second-order valence-corrected chi connectivity index (χ2v) is 2.98. The van der Waals surface area contributed by atoms with E-state index < -0.39 is 6.17 Å². The zero-order valence-corrected chi connectivity index (χ0v) is 8.53. The van der Waals surface area contributed by atoms with Gasteiger partial charge in [-0.05, 0) is 0 Å². The van der Waals surface area contributed by atoms with Gasteiger partial charge in [-0.25, -0.2) is 9.38 Å². The highest BCUT2D eigenvalue weighted by Crippen LogP contribution is 2.22. The number of nitrogens with zero attached hydrogens (tertiary/aromatic N) is 1. The number of methoxy groups -OCH3 is 1. The molecule has 0 spiro atoms. The number of hydrogen-bond acceptors (Lipinski definition) is 3. The van der Waals surface area contributed by atoms with Crippen molar-refractivity contribution >= 4 is 6.34 Å². The molecule has 0 aromatic heterocycles. The van der Waals surface area contributed by atoms with Crippen molar-refractivity contribution in [2.24, 2.45) is 10.7 Å². The van der Waals surface area contributed by atoms with E-state index in [1.54, 1.807) is 6.08 Å². The molecule has 82 valence electrons. The van der Waals surface area contributed by atoms with Gasteiger partial charge in [-0.15, -0.1) is 0 Å². The van der Waals surface area contributed by atoms with E-state index in [0.717, 1.165) is 0 Å². The highest BCUT2D eigenvalue weighted by atomic mass is 19.1. The van der Waals surface area contributed by atoms with Crippen LogP contribution in [0.3, 0.4) is 0 Å². The van der Waals surface area contributed by atoms with Crippen LogP contribution in [0.1, 0.15) is 6.42 Å². The SMILES string of the molecule is C=CN=CNC1=C(OC)C=C(N)CC1F. The Morgan fingerprint density at radius 3 is 3.13 bits per heavy atom. The van der Waals surface area contributed by atoms with Crippen molar-refractivity contribution in [3.63, 3.8) is 0 Å². The van der Waals surface area contributed by atoms with Gasteiger partial charge in [0.15, 0.2) is 0 Å². The molecule has 0 fully saturated rings. The second kappa shape index (κ2) is 5.19. The molecule has 0 amide bonds. The summed E-state index contributed by atoms with van der Waals surface area (Å²) >= 11 is 0. The molecule has 3 N–H and O–H groups in total. The minimum Gasteiger partial charge on any atom is -0.495 e. The zero-order valence-electron chi connectivity index (χ0n) is 8.53. The first-order valence-corrected chi connectivity index (χ1v) is 4.46. The highest BCUT2D eigenvalue weighted by Gasteiger charge is 2.22. The highest BCUT2D eigenvalue weighted by molar-refractivity contribution is 5.59. The average molecular weight is 211 g/mol. The van der Waals surface area contributed by atoms with Crippen molar-refractivity contribution in [2.45, 2.75) is 12.6 Å². The van der Waals surface area contributed by atoms with Crippen LogP contribution in [0.4, 0.5) is 4.39 Å². The fourth-order valence-corrected chi connectivity index (χ4v) is 1.26. The van der Waals surface area contributed by atoms with E-state index >= 15 is 0 Å². The molecule has 1 atom stereocenters. The molecular weight excluding hydrogens is 197 g/mol. The molecular formula is C10H14FN3O. The van der Waals surface area contributed by atoms with Crippen LogP contribution in [0.2, 0.25) is 0 Å². The normalized spacial score (nSPS) is 21.5. The summed E-state index contributed by atoms with van der Waals surface area (Å²) in [5.74, 6) is 0.391. The summed E-state index contributed by atoms with van der Waals surface area (Å²) in [5, 5.41) is 2.71. The Labute approximate surface area is 88.0 Å². The van der Waals surface area contributed by atoms with Crippen molar-refractivity contribution in [2.75, 3.05) is 7.11 Å². The predicted octanol–water partition coefficient (Wildman–Crippen LogP) is 1.19. The molecule has 0 radical (unpaired) electrons. The number of nitrogens with one attached hydrogen (secondary N) is 1. The maximum absolute atomic E-state index is 13.6. The minimum atomic E-state index is -1.19. The Morgan fingerprint density at radius 2 is 2.53 bits per heavy atom. The Kier molecular flexibility index (Phi) is 3.91. The lowest BCUT2D eigenvalue weighted by Gasteiger charge is -2.20. The summed E-state index contributed by atoms with van der Waals surface area (Å²) in [6.45, 7) is 3.40. The number of rotatable bonds is 4. The molecule has 0 bridgehead atoms. The van der Waals surface area contributed by atoms with Crippen LogP contribution in [-0.2, 0) is 4.74 Å². The standard InChI is InChI=1S/C10H14FN3O/c1-3-13-6-14-10-8(11)4-7(12)5-9(10)15-2/h3,5-6,8H,1,4,12H2,2H3,(H,13,14). The Hall–Kier alpha value is -1.78. The lowest BCUT2D eigenvalue weighted by atomic mass is 10.1. The Morgan fingerprint density at radius 1 is 1.80 bits per heavy atom. The molecule has 0 heterocycles. The lowest BCUT2D eigenvalue weighted by Crippen LogP contribution is -2.27. The number of hydrogen-bond donors (Lipinski definition) is 2. The van der Waals surface area contributed by atoms with Gasteiger partial charge in [0.05, 0.1) is 19.1 Å². The lowest BCUT2D eigenvalue weighted by molar-refractivity contribution is 0.272. The molecule has 0 aromatic rings. The van der Waals surface area contributed by atoms with Crippen LogP contribution in [0.25, 0.3) is 0 Å². The van der Waals surface area contributed by atoms with Gasteiger partial charge in [-0.2, -0.15) is 0 Å². The largest absolute Gasteiger partial charge is 0.495 e. The van der Waals surface area contributed by atoms with E-state index in [4.69, 9.17) is 10.5 Å². The van der Waals surface area contributed by atoms with E-state index in [-0.39, 0.29) is 6.42 Å². The number of aliphatic imine (C=N–C) groups is 1. The fraction of sp³-hybridized carbons (Fsp3) is 0.300. The first-order chi connectivity index (χ1) is 7.19. The Balaban J connectivity index is 2.87. The quantitative estimate of drug-likeness (QED) is 0.542. The Bertz CT molecular complexity index is 334. The van der Waals surface area contributed by atoms with Crippen LogP contribution in [-0.4, -0.2) is 19.6 Å². The average Bonchev–Trinajstić information content (AvgIpc) is 2.20. The molecule has 5 heteroatoms.